The molecule has 2 heterocycles. The molecule has 0 aliphatic heterocycles. The highest BCUT2D eigenvalue weighted by Crippen LogP contribution is 2.30. The fourth-order valence-electron chi connectivity index (χ4n) is 1.98. The van der Waals surface area contributed by atoms with Gasteiger partial charge in [0.15, 0.2) is 0 Å². The lowest BCUT2D eigenvalue weighted by Gasteiger charge is -1.95. The average molecular weight is 197 g/mol. The van der Waals surface area contributed by atoms with E-state index in [2.05, 4.69) is 30.1 Å². The molecule has 0 saturated carbocycles. The van der Waals surface area contributed by atoms with E-state index in [1.54, 1.807) is 6.20 Å². The predicted molar refractivity (Wildman–Crippen MR) is 60.9 cm³/mol. The molecule has 74 valence electrons. The molecule has 0 atom stereocenters. The van der Waals surface area contributed by atoms with Crippen molar-refractivity contribution in [3.05, 3.63) is 42.2 Å². The number of hydrogen-bond acceptors (Lipinski definition) is 2. The normalized spacial score (nSPS) is 11.3. The minimum absolute atomic E-state index is 0.918. The third kappa shape index (κ3) is 1.14. The largest absolute Gasteiger partial charge is 0.456 e. The van der Waals surface area contributed by atoms with Crippen molar-refractivity contribution < 1.29 is 4.42 Å². The second-order valence-electron chi connectivity index (χ2n) is 3.62. The topological polar surface area (TPSA) is 26.0 Å². The first-order valence-electron chi connectivity index (χ1n) is 5.14. The lowest BCUT2D eigenvalue weighted by Crippen LogP contribution is -1.78. The van der Waals surface area contributed by atoms with Crippen LogP contribution in [0.5, 0.6) is 0 Å². The number of furan rings is 1. The Kier molecular flexibility index (Phi) is 1.75. The monoisotopic (exact) mass is 197 g/mol. The number of aromatic nitrogens is 1. The average Bonchev–Trinajstić information content (AvgIpc) is 2.67. The van der Waals surface area contributed by atoms with Crippen LogP contribution in [0.1, 0.15) is 12.5 Å². The summed E-state index contributed by atoms with van der Waals surface area (Å²) < 4.78 is 5.83. The van der Waals surface area contributed by atoms with Gasteiger partial charge in [-0.25, -0.2) is 0 Å². The van der Waals surface area contributed by atoms with E-state index in [1.807, 2.05) is 12.3 Å². The minimum atomic E-state index is 0.918. The summed E-state index contributed by atoms with van der Waals surface area (Å²) in [5, 5.41) is 2.26. The molecule has 0 spiro atoms. The molecule has 2 heteroatoms. The number of para-hydroxylation sites is 1. The molecule has 3 rings (SSSR count). The number of benzene rings is 1. The quantitative estimate of drug-likeness (QED) is 0.596. The molecule has 1 aromatic carbocycles. The molecule has 0 N–H and O–H groups in total. The third-order valence-corrected chi connectivity index (χ3v) is 2.76. The van der Waals surface area contributed by atoms with Crippen LogP contribution in [-0.2, 0) is 6.42 Å². The minimum Gasteiger partial charge on any atom is -0.456 e. The van der Waals surface area contributed by atoms with E-state index in [0.717, 1.165) is 28.4 Å². The van der Waals surface area contributed by atoms with Crippen LogP contribution in [0, 0.1) is 0 Å². The Morgan fingerprint density at radius 3 is 3.00 bits per heavy atom. The molecule has 0 radical (unpaired) electrons. The summed E-state index contributed by atoms with van der Waals surface area (Å²) in [6.45, 7) is 2.14. The first-order chi connectivity index (χ1) is 7.40. The summed E-state index contributed by atoms with van der Waals surface area (Å²) in [6, 6.07) is 8.18. The van der Waals surface area contributed by atoms with Crippen molar-refractivity contribution in [2.75, 3.05) is 0 Å². The molecule has 0 saturated heterocycles. The van der Waals surface area contributed by atoms with Gasteiger partial charge in [0.05, 0.1) is 0 Å². The van der Waals surface area contributed by atoms with Gasteiger partial charge in [0.25, 0.3) is 0 Å². The molecule has 15 heavy (non-hydrogen) atoms. The lowest BCUT2D eigenvalue weighted by molar-refractivity contribution is 0.663. The highest BCUT2D eigenvalue weighted by molar-refractivity contribution is 6.05. The highest BCUT2D eigenvalue weighted by atomic mass is 16.3. The van der Waals surface area contributed by atoms with Gasteiger partial charge in [-0.3, -0.25) is 4.98 Å². The first-order valence-corrected chi connectivity index (χ1v) is 5.14. The maximum absolute atomic E-state index is 5.83. The number of rotatable bonds is 1. The van der Waals surface area contributed by atoms with E-state index in [-0.39, 0.29) is 0 Å². The van der Waals surface area contributed by atoms with E-state index in [9.17, 15) is 0 Å². The molecule has 2 nitrogen and oxygen atoms in total. The van der Waals surface area contributed by atoms with Gasteiger partial charge in [0, 0.05) is 23.2 Å². The number of nitrogens with zero attached hydrogens (tertiary/aromatic N) is 1. The molecular weight excluding hydrogens is 186 g/mol. The zero-order chi connectivity index (χ0) is 10.3. The van der Waals surface area contributed by atoms with Crippen molar-refractivity contribution in [2.24, 2.45) is 0 Å². The Labute approximate surface area is 87.5 Å². The van der Waals surface area contributed by atoms with E-state index in [0.29, 0.717) is 0 Å². The Balaban J connectivity index is 2.53. The predicted octanol–water partition coefficient (Wildman–Crippen LogP) is 3.54. The van der Waals surface area contributed by atoms with Crippen molar-refractivity contribution in [1.29, 1.82) is 0 Å². The number of hydrogen-bond donors (Lipinski definition) is 0. The van der Waals surface area contributed by atoms with Gasteiger partial charge >= 0.3 is 0 Å². The van der Waals surface area contributed by atoms with Crippen LogP contribution in [0.2, 0.25) is 0 Å². The zero-order valence-corrected chi connectivity index (χ0v) is 8.53. The Morgan fingerprint density at radius 1 is 1.20 bits per heavy atom. The van der Waals surface area contributed by atoms with Gasteiger partial charge in [-0.2, -0.15) is 0 Å². The van der Waals surface area contributed by atoms with Crippen LogP contribution in [0.4, 0.5) is 0 Å². The maximum Gasteiger partial charge on any atom is 0.138 e. The van der Waals surface area contributed by atoms with Gasteiger partial charge < -0.3 is 4.42 Å². The molecule has 0 fully saturated rings. The molecule has 3 aromatic rings. The lowest BCUT2D eigenvalue weighted by atomic mass is 10.1. The summed E-state index contributed by atoms with van der Waals surface area (Å²) in [5.41, 5.74) is 3.17. The van der Waals surface area contributed by atoms with Crippen molar-refractivity contribution in [2.45, 2.75) is 13.3 Å². The smallest absolute Gasteiger partial charge is 0.138 e. The zero-order valence-electron chi connectivity index (χ0n) is 8.53. The summed E-state index contributed by atoms with van der Waals surface area (Å²) >= 11 is 0. The Morgan fingerprint density at radius 2 is 2.13 bits per heavy atom. The molecular formula is C13H11NO. The second kappa shape index (κ2) is 3.09. The summed E-state index contributed by atoms with van der Waals surface area (Å²) in [6.07, 6.45) is 4.61. The van der Waals surface area contributed by atoms with Crippen LogP contribution >= 0.6 is 0 Å². The van der Waals surface area contributed by atoms with E-state index in [1.165, 1.54) is 5.56 Å². The Hall–Kier alpha value is -1.83. The van der Waals surface area contributed by atoms with Gasteiger partial charge in [0.2, 0.25) is 0 Å². The van der Waals surface area contributed by atoms with Gasteiger partial charge in [0.1, 0.15) is 11.2 Å². The SMILES string of the molecule is CCc1cccc2c1oc1ccncc12. The van der Waals surface area contributed by atoms with Crippen LogP contribution in [-0.4, -0.2) is 4.98 Å². The number of fused-ring (bicyclic) bond motifs is 3. The maximum atomic E-state index is 5.83. The molecule has 0 aliphatic carbocycles. The fourth-order valence-corrected chi connectivity index (χ4v) is 1.98. The van der Waals surface area contributed by atoms with Gasteiger partial charge in [-0.05, 0) is 18.1 Å². The molecule has 0 aliphatic rings. The molecule has 0 bridgehead atoms. The summed E-state index contributed by atoms with van der Waals surface area (Å²) in [5.74, 6) is 0. The van der Waals surface area contributed by atoms with E-state index < -0.39 is 0 Å². The van der Waals surface area contributed by atoms with Gasteiger partial charge in [-0.1, -0.05) is 25.1 Å². The summed E-state index contributed by atoms with van der Waals surface area (Å²) in [4.78, 5) is 4.13. The highest BCUT2D eigenvalue weighted by Gasteiger charge is 2.08. The van der Waals surface area contributed by atoms with Crippen molar-refractivity contribution in [1.82, 2.24) is 4.98 Å². The van der Waals surface area contributed by atoms with E-state index >= 15 is 0 Å². The van der Waals surface area contributed by atoms with Gasteiger partial charge in [-0.15, -0.1) is 0 Å². The van der Waals surface area contributed by atoms with Crippen LogP contribution in [0.15, 0.2) is 41.1 Å². The van der Waals surface area contributed by atoms with Crippen molar-refractivity contribution in [3.8, 4) is 0 Å². The third-order valence-electron chi connectivity index (χ3n) is 2.76. The molecule has 0 unspecified atom stereocenters. The van der Waals surface area contributed by atoms with Crippen LogP contribution in [0.3, 0.4) is 0 Å². The fraction of sp³-hybridized carbons (Fsp3) is 0.154. The molecule has 2 aromatic heterocycles. The van der Waals surface area contributed by atoms with Crippen molar-refractivity contribution >= 4 is 21.9 Å². The number of aryl methyl sites for hydroxylation is 1. The second-order valence-corrected chi connectivity index (χ2v) is 3.62. The van der Waals surface area contributed by atoms with Crippen molar-refractivity contribution in [3.63, 3.8) is 0 Å². The first kappa shape index (κ1) is 8.48. The molecule has 0 amide bonds. The van der Waals surface area contributed by atoms with Crippen LogP contribution in [0.25, 0.3) is 21.9 Å². The Bertz CT molecular complexity index is 625. The number of pyridine rings is 1. The summed E-state index contributed by atoms with van der Waals surface area (Å²) in [7, 11) is 0. The standard InChI is InChI=1S/C13H11NO/c1-2-9-4-3-5-10-11-8-14-7-6-12(11)15-13(9)10/h3-8H,2H2,1H3. The van der Waals surface area contributed by atoms with Crippen LogP contribution < -0.4 is 0 Å². The van der Waals surface area contributed by atoms with E-state index in [4.69, 9.17) is 4.42 Å².